The molecule has 2 atom stereocenters. The summed E-state index contributed by atoms with van der Waals surface area (Å²) < 4.78 is 49.9. The molecule has 2 N–H and O–H groups in total. The topological polar surface area (TPSA) is 102 Å². The number of nitrogens with one attached hydrogen (secondary N) is 1. The van der Waals surface area contributed by atoms with Crippen molar-refractivity contribution in [3.05, 3.63) is 93.6 Å². The fraction of sp³-hybridized carbons (Fsp3) is 0.406. The molecule has 2 aliphatic heterocycles. The summed E-state index contributed by atoms with van der Waals surface area (Å²) in [5.74, 6) is -2.54. The number of fused-ring (bicyclic) bond motifs is 1. The lowest BCUT2D eigenvalue weighted by Gasteiger charge is -2.39. The lowest BCUT2D eigenvalue weighted by molar-refractivity contribution is -0.162. The van der Waals surface area contributed by atoms with Crippen molar-refractivity contribution in [2.45, 2.75) is 49.5 Å². The summed E-state index contributed by atoms with van der Waals surface area (Å²) in [4.78, 5) is 32.2. The van der Waals surface area contributed by atoms with E-state index in [9.17, 15) is 27.9 Å². The van der Waals surface area contributed by atoms with Crippen molar-refractivity contribution in [3.8, 4) is 5.69 Å². The number of ether oxygens (including phenoxy) is 1. The predicted molar refractivity (Wildman–Crippen MR) is 163 cm³/mol. The van der Waals surface area contributed by atoms with Gasteiger partial charge in [-0.1, -0.05) is 54.1 Å². The van der Waals surface area contributed by atoms with Crippen LogP contribution in [0.3, 0.4) is 0 Å². The van der Waals surface area contributed by atoms with Crippen molar-refractivity contribution in [3.63, 3.8) is 0 Å². The Bertz CT molecular complexity index is 1710. The van der Waals surface area contributed by atoms with Gasteiger partial charge in [0.05, 0.1) is 42.7 Å². The van der Waals surface area contributed by atoms with E-state index in [0.717, 1.165) is 17.8 Å². The molecule has 2 saturated heterocycles. The van der Waals surface area contributed by atoms with Crippen molar-refractivity contribution in [1.82, 2.24) is 24.3 Å². The van der Waals surface area contributed by atoms with Crippen LogP contribution in [0.4, 0.5) is 13.2 Å². The molecule has 2 fully saturated rings. The summed E-state index contributed by atoms with van der Waals surface area (Å²) in [5.41, 5.74) is 0.473. The molecule has 0 bridgehead atoms. The standard InChI is InChI=1S/C32H33ClF3N5O4/c33-27-16-24-29(41(27)23-8-6-22(7-9-23)26-18-45-15-12-37-26)38-20-40(30(24)43)19-31(44)10-13-39(14-11-31)28(42)17-25(32(34,35)36)21-4-2-1-3-5-21/h1-9,16,20,25-26,37,44H,10-15,17-19H2. The van der Waals surface area contributed by atoms with Gasteiger partial charge in [-0.15, -0.1) is 0 Å². The second-order valence-electron chi connectivity index (χ2n) is 11.7. The number of halogens is 4. The van der Waals surface area contributed by atoms with Gasteiger partial charge in [-0.05, 0) is 42.2 Å². The van der Waals surface area contributed by atoms with E-state index in [1.807, 2.05) is 24.3 Å². The van der Waals surface area contributed by atoms with E-state index in [2.05, 4.69) is 10.3 Å². The Labute approximate surface area is 262 Å². The number of piperidine rings is 1. The first-order valence-corrected chi connectivity index (χ1v) is 15.2. The molecular weight excluding hydrogens is 611 g/mol. The van der Waals surface area contributed by atoms with Gasteiger partial charge < -0.3 is 20.1 Å². The van der Waals surface area contributed by atoms with Crippen LogP contribution in [0.25, 0.3) is 16.7 Å². The first-order valence-electron chi connectivity index (χ1n) is 14.8. The van der Waals surface area contributed by atoms with E-state index in [-0.39, 0.29) is 55.0 Å². The molecule has 9 nitrogen and oxygen atoms in total. The quantitative estimate of drug-likeness (QED) is 0.306. The number of rotatable bonds is 7. The highest BCUT2D eigenvalue weighted by Gasteiger charge is 2.43. The summed E-state index contributed by atoms with van der Waals surface area (Å²) >= 11 is 6.57. The van der Waals surface area contributed by atoms with Crippen molar-refractivity contribution in [2.75, 3.05) is 32.8 Å². The number of aromatic nitrogens is 3. The van der Waals surface area contributed by atoms with Crippen LogP contribution in [-0.4, -0.2) is 74.7 Å². The Kier molecular flexibility index (Phi) is 8.75. The molecule has 4 heterocycles. The molecule has 0 aliphatic carbocycles. The molecule has 238 valence electrons. The van der Waals surface area contributed by atoms with Crippen molar-refractivity contribution < 1.29 is 27.8 Å². The molecule has 2 aliphatic rings. The Morgan fingerprint density at radius 1 is 1.13 bits per heavy atom. The maximum absolute atomic E-state index is 13.8. The number of nitrogens with zero attached hydrogens (tertiary/aromatic N) is 4. The molecule has 0 saturated carbocycles. The van der Waals surface area contributed by atoms with Gasteiger partial charge in [0.15, 0.2) is 5.65 Å². The van der Waals surface area contributed by atoms with Crippen LogP contribution in [0.1, 0.15) is 42.3 Å². The minimum absolute atomic E-state index is 0.0342. The van der Waals surface area contributed by atoms with Gasteiger partial charge in [0.25, 0.3) is 5.56 Å². The van der Waals surface area contributed by atoms with Crippen LogP contribution in [0.2, 0.25) is 5.15 Å². The first kappa shape index (κ1) is 31.3. The minimum Gasteiger partial charge on any atom is -0.388 e. The number of carbonyl (C=O) groups excluding carboxylic acids is 1. The van der Waals surface area contributed by atoms with Gasteiger partial charge >= 0.3 is 6.18 Å². The second kappa shape index (κ2) is 12.6. The zero-order valence-electron chi connectivity index (χ0n) is 24.3. The van der Waals surface area contributed by atoms with Gasteiger partial charge in [0.1, 0.15) is 11.5 Å². The number of aliphatic hydroxyl groups is 1. The lowest BCUT2D eigenvalue weighted by atomic mass is 9.89. The molecule has 2 aromatic heterocycles. The average Bonchev–Trinajstić information content (AvgIpc) is 3.38. The van der Waals surface area contributed by atoms with Crippen LogP contribution in [0.5, 0.6) is 0 Å². The summed E-state index contributed by atoms with van der Waals surface area (Å²) in [7, 11) is 0. The normalized spacial score (nSPS) is 19.5. The molecular formula is C32H33ClF3N5O4. The molecule has 1 amide bonds. The Hall–Kier alpha value is -3.71. The Balaban J connectivity index is 1.14. The summed E-state index contributed by atoms with van der Waals surface area (Å²) in [6.45, 7) is 2.10. The maximum Gasteiger partial charge on any atom is 0.396 e. The maximum atomic E-state index is 13.8. The second-order valence-corrected chi connectivity index (χ2v) is 12.1. The molecule has 0 spiro atoms. The average molecular weight is 644 g/mol. The fourth-order valence-corrected chi connectivity index (χ4v) is 6.43. The van der Waals surface area contributed by atoms with E-state index < -0.39 is 30.0 Å². The Morgan fingerprint density at radius 2 is 1.84 bits per heavy atom. The lowest BCUT2D eigenvalue weighted by Crippen LogP contribution is -2.50. The number of alkyl halides is 3. The molecule has 4 aromatic rings. The highest BCUT2D eigenvalue weighted by molar-refractivity contribution is 6.31. The number of hydrogen-bond donors (Lipinski definition) is 2. The zero-order chi connectivity index (χ0) is 31.8. The fourth-order valence-electron chi connectivity index (χ4n) is 6.14. The molecule has 45 heavy (non-hydrogen) atoms. The number of likely N-dealkylation sites (tertiary alicyclic amines) is 1. The molecule has 2 unspecified atom stereocenters. The molecule has 6 rings (SSSR count). The molecule has 13 heteroatoms. The van der Waals surface area contributed by atoms with Gasteiger partial charge in [0.2, 0.25) is 5.91 Å². The van der Waals surface area contributed by atoms with Gasteiger partial charge in [0, 0.05) is 31.7 Å². The predicted octanol–water partition coefficient (Wildman–Crippen LogP) is 4.59. The van der Waals surface area contributed by atoms with E-state index in [1.165, 1.54) is 40.1 Å². The van der Waals surface area contributed by atoms with E-state index in [0.29, 0.717) is 24.0 Å². The molecule has 0 radical (unpaired) electrons. The minimum atomic E-state index is -4.58. The van der Waals surface area contributed by atoms with Crippen LogP contribution in [0.15, 0.2) is 71.8 Å². The third-order valence-electron chi connectivity index (χ3n) is 8.70. The van der Waals surface area contributed by atoms with Gasteiger partial charge in [-0.2, -0.15) is 13.2 Å². The third kappa shape index (κ3) is 6.64. The summed E-state index contributed by atoms with van der Waals surface area (Å²) in [6, 6.07) is 16.8. The zero-order valence-corrected chi connectivity index (χ0v) is 25.1. The largest absolute Gasteiger partial charge is 0.396 e. The van der Waals surface area contributed by atoms with E-state index >= 15 is 0 Å². The van der Waals surface area contributed by atoms with Crippen molar-refractivity contribution >= 4 is 28.5 Å². The van der Waals surface area contributed by atoms with Crippen LogP contribution in [0, 0.1) is 0 Å². The monoisotopic (exact) mass is 643 g/mol. The Morgan fingerprint density at radius 3 is 2.49 bits per heavy atom. The number of benzene rings is 2. The SMILES string of the molecule is O=C(CC(c1ccccc1)C(F)(F)F)N1CCC(O)(Cn2cnc3c(cc(Cl)n3-c3ccc(C4COCCN4)cc3)c2=O)CC1. The van der Waals surface area contributed by atoms with E-state index in [1.54, 1.807) is 16.7 Å². The highest BCUT2D eigenvalue weighted by Crippen LogP contribution is 2.38. The number of morpholine rings is 1. The van der Waals surface area contributed by atoms with Crippen molar-refractivity contribution in [1.29, 1.82) is 0 Å². The summed E-state index contributed by atoms with van der Waals surface area (Å²) in [5, 5.41) is 15.3. The number of amides is 1. The van der Waals surface area contributed by atoms with Crippen LogP contribution in [-0.2, 0) is 16.1 Å². The summed E-state index contributed by atoms with van der Waals surface area (Å²) in [6.07, 6.45) is -3.73. The molecule has 2 aromatic carbocycles. The van der Waals surface area contributed by atoms with Crippen molar-refractivity contribution in [2.24, 2.45) is 0 Å². The van der Waals surface area contributed by atoms with Crippen LogP contribution >= 0.6 is 11.6 Å². The van der Waals surface area contributed by atoms with Crippen LogP contribution < -0.4 is 10.9 Å². The highest BCUT2D eigenvalue weighted by atomic mass is 35.5. The first-order chi connectivity index (χ1) is 21.5. The third-order valence-corrected chi connectivity index (χ3v) is 8.98. The smallest absolute Gasteiger partial charge is 0.388 e. The van der Waals surface area contributed by atoms with Gasteiger partial charge in [-0.25, -0.2) is 4.98 Å². The van der Waals surface area contributed by atoms with E-state index in [4.69, 9.17) is 16.3 Å². The van der Waals surface area contributed by atoms with Gasteiger partial charge in [-0.3, -0.25) is 18.7 Å². The number of hydrogen-bond acceptors (Lipinski definition) is 6. The number of carbonyl (C=O) groups is 1.